The summed E-state index contributed by atoms with van der Waals surface area (Å²) in [6.45, 7) is 6.88. The quantitative estimate of drug-likeness (QED) is 0.640. The first-order valence-corrected chi connectivity index (χ1v) is 12.2. The maximum absolute atomic E-state index is 13.0. The van der Waals surface area contributed by atoms with Crippen LogP contribution in [0.2, 0.25) is 0 Å². The number of hydrogen-bond donors (Lipinski definition) is 1. The van der Waals surface area contributed by atoms with E-state index in [0.717, 1.165) is 16.7 Å². The van der Waals surface area contributed by atoms with Crippen LogP contribution in [0.25, 0.3) is 0 Å². The molecular formula is C30H29N5O2. The van der Waals surface area contributed by atoms with Crippen molar-refractivity contribution in [2.24, 2.45) is 17.1 Å². The lowest BCUT2D eigenvalue weighted by Crippen LogP contribution is -2.49. The van der Waals surface area contributed by atoms with Gasteiger partial charge in [-0.3, -0.25) is 0 Å². The molecule has 0 saturated carbocycles. The minimum absolute atomic E-state index is 0.0347. The third-order valence-corrected chi connectivity index (χ3v) is 7.26. The third-order valence-electron chi connectivity index (χ3n) is 7.26. The van der Waals surface area contributed by atoms with Crippen LogP contribution < -0.4 is 5.73 Å². The summed E-state index contributed by atoms with van der Waals surface area (Å²) in [5.74, 6) is -1.16. The molecule has 2 atom stereocenters. The van der Waals surface area contributed by atoms with Crippen molar-refractivity contribution in [2.75, 3.05) is 13.1 Å². The van der Waals surface area contributed by atoms with Crippen LogP contribution >= 0.6 is 0 Å². The van der Waals surface area contributed by atoms with Crippen LogP contribution in [0.4, 0.5) is 4.79 Å². The van der Waals surface area contributed by atoms with E-state index < -0.39 is 23.3 Å². The molecule has 186 valence electrons. The van der Waals surface area contributed by atoms with Gasteiger partial charge in [-0.15, -0.1) is 0 Å². The number of nitriles is 3. The van der Waals surface area contributed by atoms with Gasteiger partial charge < -0.3 is 15.4 Å². The molecule has 0 fully saturated rings. The van der Waals surface area contributed by atoms with E-state index in [2.05, 4.69) is 39.0 Å². The number of hydrogen-bond acceptors (Lipinski definition) is 6. The molecule has 1 heterocycles. The second-order valence-corrected chi connectivity index (χ2v) is 10.5. The summed E-state index contributed by atoms with van der Waals surface area (Å²) in [6.07, 6.45) is 1.29. The number of nitrogens with zero attached hydrogens (tertiary/aromatic N) is 4. The molecule has 2 aliphatic rings. The first kappa shape index (κ1) is 25.5. The fourth-order valence-electron chi connectivity index (χ4n) is 5.21. The fraction of sp³-hybridized carbons (Fsp3) is 0.333. The summed E-state index contributed by atoms with van der Waals surface area (Å²) in [4.78, 5) is 14.5. The molecular weight excluding hydrogens is 462 g/mol. The highest BCUT2D eigenvalue weighted by Gasteiger charge is 2.54. The average Bonchev–Trinajstić information content (AvgIpc) is 2.91. The summed E-state index contributed by atoms with van der Waals surface area (Å²) in [6, 6.07) is 23.6. The summed E-state index contributed by atoms with van der Waals surface area (Å²) < 4.78 is 5.55. The van der Waals surface area contributed by atoms with Crippen molar-refractivity contribution < 1.29 is 9.53 Å². The van der Waals surface area contributed by atoms with E-state index in [0.29, 0.717) is 5.57 Å². The van der Waals surface area contributed by atoms with Crippen molar-refractivity contribution in [3.8, 4) is 18.2 Å². The van der Waals surface area contributed by atoms with Crippen molar-refractivity contribution >= 4 is 6.09 Å². The number of carbonyl (C=O) groups is 1. The molecule has 0 spiro atoms. The molecule has 1 aliphatic heterocycles. The minimum Gasteiger partial charge on any atom is -0.445 e. The fourth-order valence-corrected chi connectivity index (χ4v) is 5.21. The molecule has 7 nitrogen and oxygen atoms in total. The van der Waals surface area contributed by atoms with E-state index in [9.17, 15) is 20.6 Å². The van der Waals surface area contributed by atoms with Gasteiger partial charge in [-0.25, -0.2) is 4.79 Å². The standard InChI is InChI=1S/C30H29N5O2/c1-29(2,3)22-11-9-21(10-12-22)26-25-16-35(28(36)37-17-20-7-5-4-6-8-20)14-13-23(25)24(15-31)27(34)30(26,18-32)19-33/h4-13,25-26H,14,16-17,34H2,1-3H3/t25-,26-/m1/s1. The number of nitrogens with two attached hydrogens (primary N) is 1. The molecule has 0 aromatic heterocycles. The number of fused-ring (bicyclic) bond motifs is 1. The van der Waals surface area contributed by atoms with Gasteiger partial charge in [0.15, 0.2) is 5.41 Å². The maximum atomic E-state index is 13.0. The molecule has 2 aromatic rings. The van der Waals surface area contributed by atoms with Crippen molar-refractivity contribution in [3.05, 3.63) is 94.2 Å². The molecule has 1 amide bonds. The van der Waals surface area contributed by atoms with Gasteiger partial charge in [0.2, 0.25) is 0 Å². The Bertz CT molecular complexity index is 1370. The molecule has 7 heteroatoms. The van der Waals surface area contributed by atoms with Gasteiger partial charge >= 0.3 is 6.09 Å². The first-order valence-electron chi connectivity index (χ1n) is 12.2. The molecule has 1 aliphatic carbocycles. The molecule has 0 unspecified atom stereocenters. The van der Waals surface area contributed by atoms with Gasteiger partial charge in [-0.1, -0.05) is 81.4 Å². The lowest BCUT2D eigenvalue weighted by atomic mass is 9.58. The minimum atomic E-state index is -1.76. The van der Waals surface area contributed by atoms with Crippen LogP contribution in [-0.2, 0) is 16.8 Å². The van der Waals surface area contributed by atoms with E-state index in [4.69, 9.17) is 10.5 Å². The number of carbonyl (C=O) groups excluding carboxylic acids is 1. The second kappa shape index (κ2) is 9.84. The van der Waals surface area contributed by atoms with Gasteiger partial charge in [-0.2, -0.15) is 15.8 Å². The van der Waals surface area contributed by atoms with E-state index in [1.807, 2.05) is 54.6 Å². The summed E-state index contributed by atoms with van der Waals surface area (Å²) in [5.41, 5.74) is 8.08. The van der Waals surface area contributed by atoms with Crippen molar-refractivity contribution in [1.29, 1.82) is 15.8 Å². The normalized spacial score (nSPS) is 20.5. The van der Waals surface area contributed by atoms with Crippen LogP contribution in [-0.4, -0.2) is 24.1 Å². The highest BCUT2D eigenvalue weighted by molar-refractivity contribution is 5.69. The van der Waals surface area contributed by atoms with Gasteiger partial charge in [0.1, 0.15) is 12.7 Å². The Morgan fingerprint density at radius 1 is 1.08 bits per heavy atom. The van der Waals surface area contributed by atoms with Crippen LogP contribution in [0.5, 0.6) is 0 Å². The van der Waals surface area contributed by atoms with Gasteiger partial charge in [-0.05, 0) is 27.7 Å². The topological polar surface area (TPSA) is 127 Å². The van der Waals surface area contributed by atoms with Crippen molar-refractivity contribution in [1.82, 2.24) is 4.90 Å². The molecule has 0 bridgehead atoms. The van der Waals surface area contributed by atoms with Crippen LogP contribution in [0, 0.1) is 45.3 Å². The molecule has 2 N–H and O–H groups in total. The van der Waals surface area contributed by atoms with E-state index in [1.54, 1.807) is 11.0 Å². The smallest absolute Gasteiger partial charge is 0.410 e. The Balaban J connectivity index is 1.74. The zero-order chi connectivity index (χ0) is 26.8. The Labute approximate surface area is 217 Å². The highest BCUT2D eigenvalue weighted by Crippen LogP contribution is 2.54. The Hall–Kier alpha value is -4.54. The Kier molecular flexibility index (Phi) is 6.80. The first-order chi connectivity index (χ1) is 17.7. The summed E-state index contributed by atoms with van der Waals surface area (Å²) >= 11 is 0. The van der Waals surface area contributed by atoms with Crippen LogP contribution in [0.15, 0.2) is 77.5 Å². The van der Waals surface area contributed by atoms with Gasteiger partial charge in [0.25, 0.3) is 0 Å². The van der Waals surface area contributed by atoms with Crippen molar-refractivity contribution in [2.45, 2.75) is 38.7 Å². The van der Waals surface area contributed by atoms with E-state index >= 15 is 0 Å². The third kappa shape index (κ3) is 4.55. The zero-order valence-corrected chi connectivity index (χ0v) is 21.2. The molecule has 0 radical (unpaired) electrons. The van der Waals surface area contributed by atoms with Crippen LogP contribution in [0.1, 0.15) is 43.4 Å². The van der Waals surface area contributed by atoms with E-state index in [1.165, 1.54) is 0 Å². The number of amides is 1. The number of ether oxygens (including phenoxy) is 1. The molecule has 2 aromatic carbocycles. The predicted molar refractivity (Wildman–Crippen MR) is 138 cm³/mol. The lowest BCUT2D eigenvalue weighted by Gasteiger charge is -2.45. The lowest BCUT2D eigenvalue weighted by molar-refractivity contribution is 0.0898. The highest BCUT2D eigenvalue weighted by atomic mass is 16.6. The SMILES string of the molecule is CC(C)(C)c1ccc([C@@H]2[C@@H]3CN(C(=O)OCc4ccccc4)CC=C3C(C#N)=C(N)C2(C#N)C#N)cc1. The Morgan fingerprint density at radius 2 is 1.73 bits per heavy atom. The van der Waals surface area contributed by atoms with Crippen LogP contribution in [0.3, 0.4) is 0 Å². The van der Waals surface area contributed by atoms with E-state index in [-0.39, 0.29) is 36.4 Å². The zero-order valence-electron chi connectivity index (χ0n) is 21.2. The predicted octanol–water partition coefficient (Wildman–Crippen LogP) is 5.05. The maximum Gasteiger partial charge on any atom is 0.410 e. The largest absolute Gasteiger partial charge is 0.445 e. The van der Waals surface area contributed by atoms with Crippen molar-refractivity contribution in [3.63, 3.8) is 0 Å². The number of rotatable bonds is 3. The molecule has 4 rings (SSSR count). The van der Waals surface area contributed by atoms with Gasteiger partial charge in [0, 0.05) is 24.9 Å². The number of allylic oxidation sites excluding steroid dienone is 2. The monoisotopic (exact) mass is 491 g/mol. The summed E-state index contributed by atoms with van der Waals surface area (Å²) in [7, 11) is 0. The summed E-state index contributed by atoms with van der Waals surface area (Å²) in [5, 5.41) is 30.5. The van der Waals surface area contributed by atoms with Gasteiger partial charge in [0.05, 0.1) is 23.4 Å². The average molecular weight is 492 g/mol. The molecule has 37 heavy (non-hydrogen) atoms. The molecule has 0 saturated heterocycles. The second-order valence-electron chi connectivity index (χ2n) is 10.5. The number of benzene rings is 2. The Morgan fingerprint density at radius 3 is 2.30 bits per heavy atom.